The molecule has 21 heavy (non-hydrogen) atoms. The number of benzene rings is 1. The van der Waals surface area contributed by atoms with E-state index in [0.717, 1.165) is 24.8 Å². The van der Waals surface area contributed by atoms with Gasteiger partial charge in [0.25, 0.3) is 5.56 Å². The smallest absolute Gasteiger partial charge is 0.255 e. The predicted molar refractivity (Wildman–Crippen MR) is 83.8 cm³/mol. The van der Waals surface area contributed by atoms with E-state index in [2.05, 4.69) is 15.6 Å². The molecular weight excluding hydrogens is 290 g/mol. The van der Waals surface area contributed by atoms with Crippen LogP contribution in [-0.4, -0.2) is 24.0 Å². The Bertz CT molecular complexity index is 735. The molecule has 1 aromatic heterocycles. The predicted octanol–water partition coefficient (Wildman–Crippen LogP) is 2.12. The first-order valence-corrected chi connectivity index (χ1v) is 7.35. The van der Waals surface area contributed by atoms with Gasteiger partial charge >= 0.3 is 0 Å². The molecule has 1 amide bonds. The van der Waals surface area contributed by atoms with Gasteiger partial charge in [-0.3, -0.25) is 9.59 Å². The van der Waals surface area contributed by atoms with E-state index in [9.17, 15) is 9.59 Å². The Labute approximate surface area is 126 Å². The summed E-state index contributed by atoms with van der Waals surface area (Å²) >= 11 is 6.18. The van der Waals surface area contributed by atoms with Crippen molar-refractivity contribution in [2.75, 3.05) is 18.4 Å². The zero-order valence-electron chi connectivity index (χ0n) is 11.4. The Hall–Kier alpha value is -1.85. The second-order valence-corrected chi connectivity index (χ2v) is 5.67. The van der Waals surface area contributed by atoms with E-state index in [0.29, 0.717) is 22.6 Å². The molecule has 1 aliphatic heterocycles. The number of amides is 1. The minimum Gasteiger partial charge on any atom is -0.329 e. The fraction of sp³-hybridized carbons (Fsp3) is 0.333. The summed E-state index contributed by atoms with van der Waals surface area (Å²) in [5.74, 6) is -0.0713. The Morgan fingerprint density at radius 3 is 3.00 bits per heavy atom. The first kappa shape index (κ1) is 14.1. The Morgan fingerprint density at radius 1 is 1.38 bits per heavy atom. The molecule has 6 heteroatoms. The van der Waals surface area contributed by atoms with Crippen LogP contribution in [0.15, 0.2) is 29.2 Å². The van der Waals surface area contributed by atoms with Crippen LogP contribution in [0, 0.1) is 5.92 Å². The van der Waals surface area contributed by atoms with Crippen LogP contribution >= 0.6 is 11.6 Å². The second-order valence-electron chi connectivity index (χ2n) is 5.26. The number of aromatic amines is 1. The van der Waals surface area contributed by atoms with E-state index >= 15 is 0 Å². The third-order valence-electron chi connectivity index (χ3n) is 3.79. The summed E-state index contributed by atoms with van der Waals surface area (Å²) in [5, 5.41) is 7.72. The number of halogens is 1. The van der Waals surface area contributed by atoms with E-state index in [1.807, 2.05) is 0 Å². The molecule has 0 unspecified atom stereocenters. The highest BCUT2D eigenvalue weighted by atomic mass is 35.5. The van der Waals surface area contributed by atoms with Gasteiger partial charge in [0.05, 0.1) is 16.6 Å². The van der Waals surface area contributed by atoms with Gasteiger partial charge in [-0.25, -0.2) is 0 Å². The number of anilines is 1. The maximum atomic E-state index is 12.2. The van der Waals surface area contributed by atoms with Crippen LogP contribution in [0.4, 0.5) is 5.69 Å². The maximum Gasteiger partial charge on any atom is 0.255 e. The number of piperidine rings is 1. The van der Waals surface area contributed by atoms with Gasteiger partial charge in [0.2, 0.25) is 5.91 Å². The lowest BCUT2D eigenvalue weighted by Crippen LogP contribution is -2.37. The van der Waals surface area contributed by atoms with Crippen molar-refractivity contribution < 1.29 is 4.79 Å². The standard InChI is InChI=1S/C15H16ClN3O2/c16-12-7-11-9(3-5-18-15(11)21)6-13(12)19-14(20)10-2-1-4-17-8-10/h3,5-7,10,17H,1-2,4,8H2,(H,18,21)(H,19,20)/t10-/m0/s1. The van der Waals surface area contributed by atoms with Crippen LogP contribution in [0.3, 0.4) is 0 Å². The van der Waals surface area contributed by atoms with Crippen molar-refractivity contribution in [3.63, 3.8) is 0 Å². The highest BCUT2D eigenvalue weighted by Crippen LogP contribution is 2.27. The monoisotopic (exact) mass is 305 g/mol. The molecule has 2 aromatic rings. The van der Waals surface area contributed by atoms with E-state index in [1.165, 1.54) is 0 Å². The third-order valence-corrected chi connectivity index (χ3v) is 4.10. The molecule has 1 atom stereocenters. The highest BCUT2D eigenvalue weighted by molar-refractivity contribution is 6.34. The van der Waals surface area contributed by atoms with E-state index < -0.39 is 0 Å². The largest absolute Gasteiger partial charge is 0.329 e. The molecule has 3 N–H and O–H groups in total. The molecule has 0 radical (unpaired) electrons. The molecule has 2 heterocycles. The van der Waals surface area contributed by atoms with E-state index in [-0.39, 0.29) is 17.4 Å². The number of fused-ring (bicyclic) bond motifs is 1. The molecule has 5 nitrogen and oxygen atoms in total. The number of H-pyrrole nitrogens is 1. The first-order chi connectivity index (χ1) is 10.1. The van der Waals surface area contributed by atoms with Crippen molar-refractivity contribution in [2.45, 2.75) is 12.8 Å². The number of hydrogen-bond acceptors (Lipinski definition) is 3. The summed E-state index contributed by atoms with van der Waals surface area (Å²) in [6, 6.07) is 5.11. The molecular formula is C15H16ClN3O2. The average Bonchev–Trinajstić information content (AvgIpc) is 2.50. The lowest BCUT2D eigenvalue weighted by molar-refractivity contribution is -0.120. The van der Waals surface area contributed by atoms with Crippen LogP contribution in [0.25, 0.3) is 10.8 Å². The number of aromatic nitrogens is 1. The van der Waals surface area contributed by atoms with Gasteiger partial charge in [0.15, 0.2) is 0 Å². The summed E-state index contributed by atoms with van der Waals surface area (Å²) in [6.45, 7) is 1.65. The van der Waals surface area contributed by atoms with Crippen molar-refractivity contribution >= 4 is 34.0 Å². The minimum absolute atomic E-state index is 0.0340. The van der Waals surface area contributed by atoms with Gasteiger partial charge in [-0.15, -0.1) is 0 Å². The molecule has 1 saturated heterocycles. The quantitative estimate of drug-likeness (QED) is 0.795. The number of hydrogen-bond donors (Lipinski definition) is 3. The Balaban J connectivity index is 1.88. The average molecular weight is 306 g/mol. The molecule has 1 aliphatic rings. The maximum absolute atomic E-state index is 12.2. The molecule has 110 valence electrons. The first-order valence-electron chi connectivity index (χ1n) is 6.97. The molecule has 1 fully saturated rings. The SMILES string of the molecule is O=C(Nc1cc2cc[nH]c(=O)c2cc1Cl)[C@H]1CCCNC1. The van der Waals surface area contributed by atoms with Gasteiger partial charge in [0.1, 0.15) is 0 Å². The summed E-state index contributed by atoms with van der Waals surface area (Å²) in [6.07, 6.45) is 3.46. The van der Waals surface area contributed by atoms with Gasteiger partial charge in [0, 0.05) is 18.1 Å². The van der Waals surface area contributed by atoms with Crippen LogP contribution in [0.5, 0.6) is 0 Å². The fourth-order valence-electron chi connectivity index (χ4n) is 2.62. The van der Waals surface area contributed by atoms with Crippen LogP contribution < -0.4 is 16.2 Å². The van der Waals surface area contributed by atoms with Crippen LogP contribution in [0.2, 0.25) is 5.02 Å². The molecule has 0 aliphatic carbocycles. The van der Waals surface area contributed by atoms with Gasteiger partial charge < -0.3 is 15.6 Å². The van der Waals surface area contributed by atoms with Gasteiger partial charge in [-0.2, -0.15) is 0 Å². The highest BCUT2D eigenvalue weighted by Gasteiger charge is 2.21. The summed E-state index contributed by atoms with van der Waals surface area (Å²) in [5.41, 5.74) is 0.356. The molecule has 0 saturated carbocycles. The number of carbonyl (C=O) groups is 1. The van der Waals surface area contributed by atoms with E-state index in [1.54, 1.807) is 24.4 Å². The summed E-state index contributed by atoms with van der Waals surface area (Å²) in [7, 11) is 0. The number of carbonyl (C=O) groups excluding carboxylic acids is 1. The molecule has 1 aromatic carbocycles. The number of nitrogens with one attached hydrogen (secondary N) is 3. The normalized spacial score (nSPS) is 18.6. The zero-order valence-corrected chi connectivity index (χ0v) is 12.2. The summed E-state index contributed by atoms with van der Waals surface area (Å²) in [4.78, 5) is 26.6. The molecule has 0 spiro atoms. The van der Waals surface area contributed by atoms with Crippen molar-refractivity contribution in [3.05, 3.63) is 39.8 Å². The fourth-order valence-corrected chi connectivity index (χ4v) is 2.83. The van der Waals surface area contributed by atoms with Crippen molar-refractivity contribution in [3.8, 4) is 0 Å². The van der Waals surface area contributed by atoms with Crippen molar-refractivity contribution in [1.29, 1.82) is 0 Å². The number of pyridine rings is 1. The third kappa shape index (κ3) is 2.94. The van der Waals surface area contributed by atoms with Crippen LogP contribution in [-0.2, 0) is 4.79 Å². The van der Waals surface area contributed by atoms with Crippen molar-refractivity contribution in [1.82, 2.24) is 10.3 Å². The van der Waals surface area contributed by atoms with Gasteiger partial charge in [-0.1, -0.05) is 11.6 Å². The second kappa shape index (κ2) is 5.87. The topological polar surface area (TPSA) is 74.0 Å². The summed E-state index contributed by atoms with van der Waals surface area (Å²) < 4.78 is 0. The van der Waals surface area contributed by atoms with Gasteiger partial charge in [-0.05, 0) is 43.0 Å². The Morgan fingerprint density at radius 2 is 2.24 bits per heavy atom. The molecule has 3 rings (SSSR count). The number of rotatable bonds is 2. The van der Waals surface area contributed by atoms with E-state index in [4.69, 9.17) is 11.6 Å². The minimum atomic E-state index is -0.191. The molecule has 0 bridgehead atoms. The Kier molecular flexibility index (Phi) is 3.94. The lowest BCUT2D eigenvalue weighted by atomic mass is 9.98. The lowest BCUT2D eigenvalue weighted by Gasteiger charge is -2.22. The van der Waals surface area contributed by atoms with Crippen LogP contribution in [0.1, 0.15) is 12.8 Å². The zero-order chi connectivity index (χ0) is 14.8. The van der Waals surface area contributed by atoms with Crippen molar-refractivity contribution in [2.24, 2.45) is 5.92 Å².